The number of halogens is 3. The molecule has 2 nitrogen and oxygen atoms in total. The van der Waals surface area contributed by atoms with E-state index in [-0.39, 0.29) is 19.0 Å². The zero-order valence-electron chi connectivity index (χ0n) is 6.69. The van der Waals surface area contributed by atoms with Crippen LogP contribution in [0.15, 0.2) is 0 Å². The summed E-state index contributed by atoms with van der Waals surface area (Å²) in [4.78, 5) is 11.4. The van der Waals surface area contributed by atoms with E-state index in [1.54, 1.807) is 0 Å². The van der Waals surface area contributed by atoms with E-state index in [9.17, 15) is 18.0 Å². The van der Waals surface area contributed by atoms with Crippen LogP contribution in [-0.4, -0.2) is 30.1 Å². The van der Waals surface area contributed by atoms with Gasteiger partial charge in [0.1, 0.15) is 0 Å². The Morgan fingerprint density at radius 1 is 1.50 bits per heavy atom. The summed E-state index contributed by atoms with van der Waals surface area (Å²) < 4.78 is 35.3. The summed E-state index contributed by atoms with van der Waals surface area (Å²) in [6, 6.07) is 0. The van der Waals surface area contributed by atoms with Gasteiger partial charge in [0.15, 0.2) is 0 Å². The Kier molecular flexibility index (Phi) is 2.30. The van der Waals surface area contributed by atoms with Gasteiger partial charge >= 0.3 is 12.1 Å². The lowest BCUT2D eigenvalue weighted by Crippen LogP contribution is -2.54. The van der Waals surface area contributed by atoms with Gasteiger partial charge < -0.3 is 4.90 Å². The summed E-state index contributed by atoms with van der Waals surface area (Å²) in [5.41, 5.74) is 0. The molecular weight excluding hydrogens is 171 g/mol. The molecule has 1 rings (SSSR count). The molecule has 0 aromatic carbocycles. The van der Waals surface area contributed by atoms with Crippen molar-refractivity contribution in [2.75, 3.05) is 13.1 Å². The van der Waals surface area contributed by atoms with Gasteiger partial charge in [-0.2, -0.15) is 13.2 Å². The predicted octanol–water partition coefficient (Wildman–Crippen LogP) is 1.42. The summed E-state index contributed by atoms with van der Waals surface area (Å²) in [5, 5.41) is 0. The van der Waals surface area contributed by atoms with Crippen LogP contribution in [0.4, 0.5) is 13.2 Å². The van der Waals surface area contributed by atoms with E-state index in [2.05, 4.69) is 0 Å². The molecule has 1 aliphatic rings. The molecule has 1 amide bonds. The molecule has 1 saturated heterocycles. The minimum atomic E-state index is -4.70. The molecule has 0 aliphatic carbocycles. The van der Waals surface area contributed by atoms with Gasteiger partial charge in [-0.25, -0.2) is 0 Å². The Hall–Kier alpha value is -0.740. The fourth-order valence-electron chi connectivity index (χ4n) is 1.17. The molecule has 0 radical (unpaired) electrons. The number of amides is 1. The maximum absolute atomic E-state index is 11.8. The molecule has 1 aliphatic heterocycles. The Bertz CT molecular complexity index is 184. The summed E-state index contributed by atoms with van der Waals surface area (Å²) in [5.74, 6) is -1.44. The molecule has 0 atom stereocenters. The largest absolute Gasteiger partial charge is 0.471 e. The van der Waals surface area contributed by atoms with Crippen LogP contribution in [0.3, 0.4) is 0 Å². The van der Waals surface area contributed by atoms with E-state index >= 15 is 0 Å². The summed E-state index contributed by atoms with van der Waals surface area (Å²) in [7, 11) is 0. The number of hydrogen-bond donors (Lipinski definition) is 0. The average Bonchev–Trinajstić information content (AvgIpc) is 1.83. The highest BCUT2D eigenvalue weighted by molar-refractivity contribution is 5.82. The number of alkyl halides is 3. The van der Waals surface area contributed by atoms with Crippen molar-refractivity contribution < 1.29 is 18.0 Å². The van der Waals surface area contributed by atoms with E-state index in [4.69, 9.17) is 0 Å². The van der Waals surface area contributed by atoms with Crippen molar-refractivity contribution in [3.63, 3.8) is 0 Å². The van der Waals surface area contributed by atoms with Crippen molar-refractivity contribution in [2.24, 2.45) is 5.92 Å². The summed E-state index contributed by atoms with van der Waals surface area (Å²) in [6.45, 7) is 2.42. The normalized spacial score (nSPS) is 19.2. The Labute approximate surface area is 68.3 Å². The van der Waals surface area contributed by atoms with E-state index in [0.717, 1.165) is 11.3 Å². The fourth-order valence-corrected chi connectivity index (χ4v) is 1.17. The monoisotopic (exact) mass is 181 g/mol. The molecule has 0 aromatic rings. The fraction of sp³-hybridized carbons (Fsp3) is 0.857. The average molecular weight is 181 g/mol. The van der Waals surface area contributed by atoms with Crippen LogP contribution in [0.5, 0.6) is 0 Å². The minimum Gasteiger partial charge on any atom is -0.334 e. The molecule has 70 valence electrons. The topological polar surface area (TPSA) is 20.3 Å². The van der Waals surface area contributed by atoms with Crippen LogP contribution in [0.25, 0.3) is 0 Å². The number of carbonyl (C=O) groups excluding carboxylic acids is 1. The first kappa shape index (κ1) is 9.35. The van der Waals surface area contributed by atoms with Crippen molar-refractivity contribution in [3.05, 3.63) is 0 Å². The van der Waals surface area contributed by atoms with Crippen LogP contribution >= 0.6 is 0 Å². The van der Waals surface area contributed by atoms with Gasteiger partial charge in [0, 0.05) is 13.1 Å². The first-order chi connectivity index (χ1) is 5.45. The van der Waals surface area contributed by atoms with E-state index < -0.39 is 12.1 Å². The highest BCUT2D eigenvalue weighted by atomic mass is 19.4. The number of hydrogen-bond acceptors (Lipinski definition) is 1. The van der Waals surface area contributed by atoms with E-state index in [1.807, 2.05) is 6.92 Å². The molecule has 0 spiro atoms. The molecule has 0 saturated carbocycles. The second kappa shape index (κ2) is 2.95. The third-order valence-electron chi connectivity index (χ3n) is 2.06. The second-order valence-electron chi connectivity index (χ2n) is 2.98. The quantitative estimate of drug-likeness (QED) is 0.599. The van der Waals surface area contributed by atoms with Gasteiger partial charge in [0.05, 0.1) is 0 Å². The van der Waals surface area contributed by atoms with Crippen LogP contribution in [0.1, 0.15) is 13.3 Å². The van der Waals surface area contributed by atoms with Crippen LogP contribution in [0, 0.1) is 5.92 Å². The molecule has 0 bridgehead atoms. The Balaban J connectivity index is 2.39. The van der Waals surface area contributed by atoms with Gasteiger partial charge in [-0.1, -0.05) is 6.92 Å². The molecule has 12 heavy (non-hydrogen) atoms. The Morgan fingerprint density at radius 2 is 2.00 bits per heavy atom. The van der Waals surface area contributed by atoms with Crippen LogP contribution in [-0.2, 0) is 4.79 Å². The SMILES string of the molecule is CCC1CN(C(=O)C(F)(F)F)C1. The summed E-state index contributed by atoms with van der Waals surface area (Å²) in [6.07, 6.45) is -3.86. The first-order valence-corrected chi connectivity index (χ1v) is 3.81. The van der Waals surface area contributed by atoms with Gasteiger partial charge in [-0.3, -0.25) is 4.79 Å². The van der Waals surface area contributed by atoms with Crippen LogP contribution in [0.2, 0.25) is 0 Å². The lowest BCUT2D eigenvalue weighted by Gasteiger charge is -2.38. The van der Waals surface area contributed by atoms with Gasteiger partial charge in [-0.15, -0.1) is 0 Å². The summed E-state index contributed by atoms with van der Waals surface area (Å²) >= 11 is 0. The van der Waals surface area contributed by atoms with E-state index in [1.165, 1.54) is 0 Å². The molecule has 1 fully saturated rings. The van der Waals surface area contributed by atoms with Crippen molar-refractivity contribution >= 4 is 5.91 Å². The third-order valence-corrected chi connectivity index (χ3v) is 2.06. The predicted molar refractivity (Wildman–Crippen MR) is 36.4 cm³/mol. The lowest BCUT2D eigenvalue weighted by molar-refractivity contribution is -0.191. The standard InChI is InChI=1S/C7H10F3NO/c1-2-5-3-11(4-5)6(12)7(8,9)10/h5H,2-4H2,1H3. The molecule has 5 heteroatoms. The zero-order chi connectivity index (χ0) is 9.35. The third kappa shape index (κ3) is 1.70. The maximum atomic E-state index is 11.8. The molecule has 0 aromatic heterocycles. The van der Waals surface area contributed by atoms with Crippen LogP contribution < -0.4 is 0 Å². The molecule has 0 unspecified atom stereocenters. The number of nitrogens with zero attached hydrogens (tertiary/aromatic N) is 1. The lowest BCUT2D eigenvalue weighted by atomic mass is 9.97. The highest BCUT2D eigenvalue weighted by Gasteiger charge is 2.45. The highest BCUT2D eigenvalue weighted by Crippen LogP contribution is 2.25. The molecule has 1 heterocycles. The Morgan fingerprint density at radius 3 is 2.33 bits per heavy atom. The maximum Gasteiger partial charge on any atom is 0.471 e. The second-order valence-corrected chi connectivity index (χ2v) is 2.98. The van der Waals surface area contributed by atoms with E-state index in [0.29, 0.717) is 0 Å². The zero-order valence-corrected chi connectivity index (χ0v) is 6.69. The smallest absolute Gasteiger partial charge is 0.334 e. The van der Waals surface area contributed by atoms with Crippen molar-refractivity contribution in [2.45, 2.75) is 19.5 Å². The molecular formula is C7H10F3NO. The van der Waals surface area contributed by atoms with Crippen molar-refractivity contribution in [1.82, 2.24) is 4.90 Å². The first-order valence-electron chi connectivity index (χ1n) is 3.81. The van der Waals surface area contributed by atoms with Gasteiger partial charge in [0.25, 0.3) is 0 Å². The number of likely N-dealkylation sites (tertiary alicyclic amines) is 1. The number of carbonyl (C=O) groups is 1. The van der Waals surface area contributed by atoms with Crippen molar-refractivity contribution in [3.8, 4) is 0 Å². The molecule has 0 N–H and O–H groups in total. The van der Waals surface area contributed by atoms with Gasteiger partial charge in [0.2, 0.25) is 0 Å². The van der Waals surface area contributed by atoms with Gasteiger partial charge in [-0.05, 0) is 12.3 Å². The van der Waals surface area contributed by atoms with Crippen molar-refractivity contribution in [1.29, 1.82) is 0 Å². The number of rotatable bonds is 1. The minimum absolute atomic E-state index is 0.259.